The average Bonchev–Trinajstić information content (AvgIpc) is 3.56. The van der Waals surface area contributed by atoms with Crippen LogP contribution >= 0.6 is 23.5 Å². The van der Waals surface area contributed by atoms with Crippen molar-refractivity contribution in [2.45, 2.75) is 66.0 Å². The van der Waals surface area contributed by atoms with Crippen molar-refractivity contribution in [1.29, 1.82) is 0 Å². The van der Waals surface area contributed by atoms with E-state index in [-0.39, 0.29) is 0 Å². The highest BCUT2D eigenvalue weighted by Crippen LogP contribution is 2.63. The first-order chi connectivity index (χ1) is 26.3. The van der Waals surface area contributed by atoms with Crippen LogP contribution in [0.4, 0.5) is 11.4 Å². The summed E-state index contributed by atoms with van der Waals surface area (Å²) in [4.78, 5) is 7.09. The maximum absolute atomic E-state index is 2.64. The maximum atomic E-state index is 2.64. The molecule has 3 heteroatoms. The molecule has 4 aromatic carbocycles. The number of benzene rings is 4. The number of hydrogen-bond donors (Lipinski definition) is 0. The van der Waals surface area contributed by atoms with Crippen LogP contribution < -0.4 is 4.90 Å². The lowest BCUT2D eigenvalue weighted by Gasteiger charge is -2.49. The Balaban J connectivity index is 1.07. The molecule has 0 radical (unpaired) electrons. The molecule has 3 aliphatic heterocycles. The van der Waals surface area contributed by atoms with Gasteiger partial charge in [0.2, 0.25) is 0 Å². The molecule has 0 spiro atoms. The highest BCUT2D eigenvalue weighted by Gasteiger charge is 2.48. The van der Waals surface area contributed by atoms with E-state index in [9.17, 15) is 0 Å². The van der Waals surface area contributed by atoms with E-state index in [0.717, 1.165) is 25.7 Å². The minimum atomic E-state index is 0.330. The van der Waals surface area contributed by atoms with E-state index in [4.69, 9.17) is 0 Å². The zero-order valence-corrected chi connectivity index (χ0v) is 31.5. The van der Waals surface area contributed by atoms with Gasteiger partial charge < -0.3 is 4.90 Å². The zero-order valence-electron chi connectivity index (χ0n) is 29.9. The number of hydrogen-bond acceptors (Lipinski definition) is 3. The first-order valence-corrected chi connectivity index (χ1v) is 21.3. The van der Waals surface area contributed by atoms with E-state index >= 15 is 0 Å². The van der Waals surface area contributed by atoms with Crippen LogP contribution in [-0.4, -0.2) is 11.3 Å². The summed E-state index contributed by atoms with van der Waals surface area (Å²) in [5.41, 5.74) is 13.1. The quantitative estimate of drug-likeness (QED) is 0.193. The standard InChI is InChI=1S/C50H43NS2/c1-3-14-32(15-4-1)33-26-28-40-47(31-33)53-46-25-13-21-36(49(46)50(40)48-38-19-8-11-23-44(38)52-45-24-12-9-20-39(45)48)34-27-29-43-41(30-34)37-18-7-10-22-42(37)51(43)35-16-5-2-6-17-35/h1-8,11,13-20,23-31,36-37,40,42,47-48,50H,9-10,12,21-22H2. The van der Waals surface area contributed by atoms with E-state index in [0.29, 0.717) is 40.9 Å². The van der Waals surface area contributed by atoms with Crippen molar-refractivity contribution in [3.63, 3.8) is 0 Å². The van der Waals surface area contributed by atoms with Crippen molar-refractivity contribution in [3.8, 4) is 0 Å². The molecule has 0 saturated carbocycles. The summed E-state index contributed by atoms with van der Waals surface area (Å²) >= 11 is 4.12. The van der Waals surface area contributed by atoms with Gasteiger partial charge in [0.25, 0.3) is 0 Å². The van der Waals surface area contributed by atoms with Gasteiger partial charge in [-0.3, -0.25) is 0 Å². The average molecular weight is 722 g/mol. The maximum Gasteiger partial charge on any atom is 0.0453 e. The Morgan fingerprint density at radius 1 is 0.717 bits per heavy atom. The van der Waals surface area contributed by atoms with Crippen molar-refractivity contribution < 1.29 is 0 Å². The summed E-state index contributed by atoms with van der Waals surface area (Å²) in [6, 6.07) is 39.5. The normalized spacial score (nSPS) is 29.2. The third-order valence-corrected chi connectivity index (χ3v) is 15.4. The molecular formula is C50H43NS2. The molecule has 1 nitrogen and oxygen atoms in total. The summed E-state index contributed by atoms with van der Waals surface area (Å²) in [6.45, 7) is 0. The molecule has 0 bridgehead atoms. The molecule has 7 unspecified atom stereocenters. The molecule has 4 aliphatic carbocycles. The van der Waals surface area contributed by atoms with Gasteiger partial charge in [-0.05, 0) is 95.3 Å². The minimum Gasteiger partial charge on any atom is -0.337 e. The van der Waals surface area contributed by atoms with Gasteiger partial charge in [0.15, 0.2) is 0 Å². The molecule has 11 rings (SSSR count). The van der Waals surface area contributed by atoms with Crippen LogP contribution in [0.15, 0.2) is 184 Å². The van der Waals surface area contributed by atoms with Crippen LogP contribution in [0.5, 0.6) is 0 Å². The van der Waals surface area contributed by atoms with Crippen LogP contribution in [-0.2, 0) is 0 Å². The molecular weight excluding hydrogens is 679 g/mol. The van der Waals surface area contributed by atoms with Gasteiger partial charge in [0, 0.05) is 67.0 Å². The molecule has 0 N–H and O–H groups in total. The number of nitrogens with zero attached hydrogens (tertiary/aromatic N) is 1. The number of allylic oxidation sites excluding steroid dienone is 10. The van der Waals surface area contributed by atoms with E-state index in [1.807, 2.05) is 11.8 Å². The summed E-state index contributed by atoms with van der Waals surface area (Å²) in [5, 5.41) is 0.383. The van der Waals surface area contributed by atoms with Crippen molar-refractivity contribution in [1.82, 2.24) is 0 Å². The van der Waals surface area contributed by atoms with Crippen LogP contribution in [0.25, 0.3) is 5.57 Å². The molecule has 0 saturated heterocycles. The largest absolute Gasteiger partial charge is 0.337 e. The van der Waals surface area contributed by atoms with Crippen molar-refractivity contribution >= 4 is 40.5 Å². The number of thioether (sulfide) groups is 2. The summed E-state index contributed by atoms with van der Waals surface area (Å²) in [6.07, 6.45) is 28.4. The fourth-order valence-electron chi connectivity index (χ4n) is 10.6. The van der Waals surface area contributed by atoms with Gasteiger partial charge in [0.1, 0.15) is 0 Å². The first-order valence-electron chi connectivity index (χ1n) is 19.6. The number of anilines is 2. The van der Waals surface area contributed by atoms with Gasteiger partial charge in [-0.1, -0.05) is 145 Å². The van der Waals surface area contributed by atoms with Gasteiger partial charge >= 0.3 is 0 Å². The molecule has 260 valence electrons. The zero-order chi connectivity index (χ0) is 34.9. The van der Waals surface area contributed by atoms with Gasteiger partial charge in [-0.15, -0.1) is 11.8 Å². The Morgan fingerprint density at radius 3 is 2.45 bits per heavy atom. The van der Waals surface area contributed by atoms with Gasteiger partial charge in [-0.25, -0.2) is 0 Å². The van der Waals surface area contributed by atoms with E-state index in [1.165, 1.54) is 60.3 Å². The third kappa shape index (κ3) is 5.29. The van der Waals surface area contributed by atoms with Crippen LogP contribution in [0.1, 0.15) is 72.1 Å². The second-order valence-corrected chi connectivity index (χ2v) is 17.9. The first kappa shape index (κ1) is 32.0. The Hall–Kier alpha value is -4.44. The minimum absolute atomic E-state index is 0.330. The second-order valence-electron chi connectivity index (χ2n) is 15.6. The molecule has 0 amide bonds. The van der Waals surface area contributed by atoms with E-state index < -0.39 is 0 Å². The predicted octanol–water partition coefficient (Wildman–Crippen LogP) is 13.4. The monoisotopic (exact) mass is 721 g/mol. The van der Waals surface area contributed by atoms with Crippen LogP contribution in [0, 0.1) is 11.8 Å². The van der Waals surface area contributed by atoms with Gasteiger partial charge in [-0.2, -0.15) is 0 Å². The summed E-state index contributed by atoms with van der Waals surface area (Å²) in [7, 11) is 0. The molecule has 7 aliphatic rings. The van der Waals surface area contributed by atoms with E-state index in [2.05, 4.69) is 174 Å². The fraction of sp³-hybridized carbons (Fsp3) is 0.240. The highest BCUT2D eigenvalue weighted by atomic mass is 32.2. The fourth-order valence-corrected chi connectivity index (χ4v) is 13.3. The molecule has 4 aromatic rings. The lowest BCUT2D eigenvalue weighted by atomic mass is 9.63. The Bertz CT molecular complexity index is 2320. The Kier molecular flexibility index (Phi) is 7.94. The topological polar surface area (TPSA) is 3.24 Å². The van der Waals surface area contributed by atoms with Crippen LogP contribution in [0.3, 0.4) is 0 Å². The van der Waals surface area contributed by atoms with Gasteiger partial charge in [0.05, 0.1) is 0 Å². The predicted molar refractivity (Wildman–Crippen MR) is 226 cm³/mol. The molecule has 0 fully saturated rings. The SMILES string of the molecule is C1=CC2c3cc(C4CC=CC5=C4C(C4C6=CCCC=C6Sc6ccccc64)C4C=CC(c6ccccc6)=CC4S5)ccc3N(c3ccccc3)C2CC1. The second kappa shape index (κ2) is 13.1. The number of para-hydroxylation sites is 1. The lowest BCUT2D eigenvalue weighted by molar-refractivity contribution is 0.383. The lowest BCUT2D eigenvalue weighted by Crippen LogP contribution is -2.38. The molecule has 7 atom stereocenters. The van der Waals surface area contributed by atoms with Crippen molar-refractivity contribution in [3.05, 3.63) is 201 Å². The van der Waals surface area contributed by atoms with Crippen molar-refractivity contribution in [2.75, 3.05) is 4.90 Å². The number of rotatable bonds is 4. The van der Waals surface area contributed by atoms with E-state index in [1.54, 1.807) is 11.1 Å². The van der Waals surface area contributed by atoms with Crippen LogP contribution in [0.2, 0.25) is 0 Å². The highest BCUT2D eigenvalue weighted by molar-refractivity contribution is 8.04. The molecule has 0 aromatic heterocycles. The third-order valence-electron chi connectivity index (χ3n) is 12.8. The smallest absolute Gasteiger partial charge is 0.0453 e. The Labute approximate surface area is 322 Å². The van der Waals surface area contributed by atoms with Crippen molar-refractivity contribution in [2.24, 2.45) is 11.8 Å². The molecule has 3 heterocycles. The molecule has 53 heavy (non-hydrogen) atoms. The summed E-state index contributed by atoms with van der Waals surface area (Å²) in [5.74, 6) is 1.87. The summed E-state index contributed by atoms with van der Waals surface area (Å²) < 4.78 is 0. The number of fused-ring (bicyclic) bond motifs is 6. The Morgan fingerprint density at radius 2 is 1.55 bits per heavy atom.